The molecular formula is C15H20N4O3. The number of nitrogens with zero attached hydrogens (tertiary/aromatic N) is 2. The summed E-state index contributed by atoms with van der Waals surface area (Å²) in [6.07, 6.45) is 6.26. The lowest BCUT2D eigenvalue weighted by atomic mass is 10.00. The largest absolute Gasteiger partial charge is 0.370 e. The molecule has 0 heterocycles. The van der Waals surface area contributed by atoms with Crippen molar-refractivity contribution in [3.8, 4) is 0 Å². The Morgan fingerprint density at radius 1 is 1.36 bits per heavy atom. The van der Waals surface area contributed by atoms with Gasteiger partial charge in [0.1, 0.15) is 0 Å². The van der Waals surface area contributed by atoms with Crippen molar-refractivity contribution in [2.45, 2.75) is 33.1 Å². The fourth-order valence-corrected chi connectivity index (χ4v) is 1.99. The van der Waals surface area contributed by atoms with Crippen molar-refractivity contribution in [3.05, 3.63) is 51.1 Å². The van der Waals surface area contributed by atoms with Crippen LogP contribution in [-0.2, 0) is 6.42 Å². The van der Waals surface area contributed by atoms with Gasteiger partial charge >= 0.3 is 0 Å². The highest BCUT2D eigenvalue weighted by molar-refractivity contribution is 6.03. The first-order valence-electron chi connectivity index (χ1n) is 6.93. The van der Waals surface area contributed by atoms with Gasteiger partial charge in [0.05, 0.1) is 10.5 Å². The Morgan fingerprint density at radius 2 is 2.05 bits per heavy atom. The standard InChI is InChI=1S/C15H20N4O3/c1-3-4-5-6-7-11-8-10(2)12(9-13(11)19(21)22)14(20)18-15(16)17/h5-6,8-9H,3-4,7H2,1-2H3,(H4,16,17,18,20). The predicted molar refractivity (Wildman–Crippen MR) is 85.7 cm³/mol. The highest BCUT2D eigenvalue weighted by Gasteiger charge is 2.19. The van der Waals surface area contributed by atoms with Crippen molar-refractivity contribution in [1.82, 2.24) is 0 Å². The number of amides is 1. The Kier molecular flexibility index (Phi) is 6.25. The molecule has 0 atom stereocenters. The van der Waals surface area contributed by atoms with Crippen molar-refractivity contribution in [2.75, 3.05) is 0 Å². The van der Waals surface area contributed by atoms with E-state index in [1.165, 1.54) is 6.07 Å². The second kappa shape index (κ2) is 7.92. The maximum atomic E-state index is 11.9. The van der Waals surface area contributed by atoms with Crippen LogP contribution in [0, 0.1) is 17.0 Å². The molecule has 0 unspecified atom stereocenters. The second-order valence-electron chi connectivity index (χ2n) is 4.86. The number of hydrogen-bond acceptors (Lipinski definition) is 3. The van der Waals surface area contributed by atoms with Crippen LogP contribution in [-0.4, -0.2) is 16.8 Å². The van der Waals surface area contributed by atoms with E-state index in [0.717, 1.165) is 12.8 Å². The van der Waals surface area contributed by atoms with E-state index in [9.17, 15) is 14.9 Å². The number of carbonyl (C=O) groups excluding carboxylic acids is 1. The second-order valence-corrected chi connectivity index (χ2v) is 4.86. The number of carbonyl (C=O) groups is 1. The predicted octanol–water partition coefficient (Wildman–Crippen LogP) is 2.22. The van der Waals surface area contributed by atoms with E-state index in [-0.39, 0.29) is 17.2 Å². The summed E-state index contributed by atoms with van der Waals surface area (Å²) in [5, 5.41) is 11.2. The molecule has 7 heteroatoms. The van der Waals surface area contributed by atoms with Crippen LogP contribution in [0.2, 0.25) is 0 Å². The maximum absolute atomic E-state index is 11.9. The fraction of sp³-hybridized carbons (Fsp3) is 0.333. The molecule has 0 saturated heterocycles. The van der Waals surface area contributed by atoms with Crippen LogP contribution in [0.1, 0.15) is 41.3 Å². The molecule has 118 valence electrons. The molecule has 0 aromatic heterocycles. The maximum Gasteiger partial charge on any atom is 0.280 e. The number of aliphatic imine (C=N–C) groups is 1. The number of allylic oxidation sites excluding steroid dienone is 2. The Hall–Kier alpha value is -2.70. The molecule has 0 bridgehead atoms. The monoisotopic (exact) mass is 304 g/mol. The Balaban J connectivity index is 3.21. The molecule has 1 amide bonds. The Morgan fingerprint density at radius 3 is 2.59 bits per heavy atom. The fourth-order valence-electron chi connectivity index (χ4n) is 1.99. The third-order valence-corrected chi connectivity index (χ3v) is 3.04. The molecule has 0 radical (unpaired) electrons. The number of rotatable bonds is 6. The number of unbranched alkanes of at least 4 members (excludes halogenated alkanes) is 1. The zero-order chi connectivity index (χ0) is 16.7. The zero-order valence-electron chi connectivity index (χ0n) is 12.7. The SMILES string of the molecule is CCCC=CCc1cc(C)c(C(=O)N=C(N)N)cc1[N+](=O)[O-]. The number of nitro groups is 1. The summed E-state index contributed by atoms with van der Waals surface area (Å²) in [7, 11) is 0. The first kappa shape index (κ1) is 17.4. The van der Waals surface area contributed by atoms with Gasteiger partial charge in [0.25, 0.3) is 11.6 Å². The summed E-state index contributed by atoms with van der Waals surface area (Å²) < 4.78 is 0. The van der Waals surface area contributed by atoms with Gasteiger partial charge in [-0.1, -0.05) is 25.5 Å². The van der Waals surface area contributed by atoms with Crippen LogP contribution in [0.25, 0.3) is 0 Å². The van der Waals surface area contributed by atoms with E-state index in [1.54, 1.807) is 13.0 Å². The minimum absolute atomic E-state index is 0.110. The van der Waals surface area contributed by atoms with Gasteiger partial charge in [0, 0.05) is 11.6 Å². The number of hydrogen-bond donors (Lipinski definition) is 2. The van der Waals surface area contributed by atoms with Gasteiger partial charge in [0.15, 0.2) is 5.96 Å². The summed E-state index contributed by atoms with van der Waals surface area (Å²) in [4.78, 5) is 26.0. The first-order chi connectivity index (χ1) is 10.4. The third-order valence-electron chi connectivity index (χ3n) is 3.04. The zero-order valence-corrected chi connectivity index (χ0v) is 12.7. The Bertz CT molecular complexity index is 632. The van der Waals surface area contributed by atoms with Crippen LogP contribution < -0.4 is 11.5 Å². The van der Waals surface area contributed by atoms with E-state index in [2.05, 4.69) is 11.9 Å². The van der Waals surface area contributed by atoms with Crippen LogP contribution >= 0.6 is 0 Å². The van der Waals surface area contributed by atoms with Crippen molar-refractivity contribution in [3.63, 3.8) is 0 Å². The van der Waals surface area contributed by atoms with Gasteiger partial charge in [0.2, 0.25) is 0 Å². The minimum atomic E-state index is -0.686. The lowest BCUT2D eigenvalue weighted by molar-refractivity contribution is -0.385. The molecule has 22 heavy (non-hydrogen) atoms. The smallest absolute Gasteiger partial charge is 0.280 e. The highest BCUT2D eigenvalue weighted by Crippen LogP contribution is 2.25. The highest BCUT2D eigenvalue weighted by atomic mass is 16.6. The van der Waals surface area contributed by atoms with Gasteiger partial charge in [-0.25, -0.2) is 0 Å². The van der Waals surface area contributed by atoms with Crippen molar-refractivity contribution in [1.29, 1.82) is 0 Å². The average molecular weight is 304 g/mol. The number of aryl methyl sites for hydroxylation is 1. The number of nitro benzene ring substituents is 1. The molecule has 0 aliphatic carbocycles. The van der Waals surface area contributed by atoms with E-state index in [0.29, 0.717) is 17.5 Å². The van der Waals surface area contributed by atoms with Crippen molar-refractivity contribution in [2.24, 2.45) is 16.5 Å². The number of guanidine groups is 1. The van der Waals surface area contributed by atoms with E-state index < -0.39 is 10.8 Å². The van der Waals surface area contributed by atoms with Crippen LogP contribution in [0.3, 0.4) is 0 Å². The lowest BCUT2D eigenvalue weighted by Gasteiger charge is -2.06. The molecule has 0 fully saturated rings. The molecule has 1 aromatic carbocycles. The molecule has 1 rings (SSSR count). The van der Waals surface area contributed by atoms with E-state index in [4.69, 9.17) is 11.5 Å². The van der Waals surface area contributed by atoms with E-state index >= 15 is 0 Å². The van der Waals surface area contributed by atoms with Gasteiger partial charge in [-0.15, -0.1) is 0 Å². The molecular weight excluding hydrogens is 284 g/mol. The van der Waals surface area contributed by atoms with Crippen molar-refractivity contribution >= 4 is 17.6 Å². The first-order valence-corrected chi connectivity index (χ1v) is 6.93. The normalized spacial score (nSPS) is 10.6. The molecule has 0 aliphatic rings. The Labute approximate surface area is 128 Å². The van der Waals surface area contributed by atoms with Gasteiger partial charge in [-0.3, -0.25) is 14.9 Å². The van der Waals surface area contributed by atoms with Gasteiger partial charge in [-0.2, -0.15) is 4.99 Å². The molecule has 0 spiro atoms. The summed E-state index contributed by atoms with van der Waals surface area (Å²) in [5.41, 5.74) is 11.5. The topological polar surface area (TPSA) is 125 Å². The summed E-state index contributed by atoms with van der Waals surface area (Å²) >= 11 is 0. The van der Waals surface area contributed by atoms with Gasteiger partial charge < -0.3 is 11.5 Å². The minimum Gasteiger partial charge on any atom is -0.370 e. The van der Waals surface area contributed by atoms with E-state index in [1.807, 2.05) is 12.2 Å². The molecule has 0 aliphatic heterocycles. The van der Waals surface area contributed by atoms with Crippen LogP contribution in [0.4, 0.5) is 5.69 Å². The number of benzene rings is 1. The summed E-state index contributed by atoms with van der Waals surface area (Å²) in [5.74, 6) is -1.06. The molecule has 7 nitrogen and oxygen atoms in total. The molecule has 1 aromatic rings. The molecule has 4 N–H and O–H groups in total. The van der Waals surface area contributed by atoms with Crippen LogP contribution in [0.15, 0.2) is 29.3 Å². The third kappa shape index (κ3) is 4.69. The summed E-state index contributed by atoms with van der Waals surface area (Å²) in [6, 6.07) is 2.86. The number of nitrogens with two attached hydrogens (primary N) is 2. The average Bonchev–Trinajstić information content (AvgIpc) is 2.42. The van der Waals surface area contributed by atoms with Crippen LogP contribution in [0.5, 0.6) is 0 Å². The van der Waals surface area contributed by atoms with Gasteiger partial charge in [-0.05, 0) is 31.4 Å². The lowest BCUT2D eigenvalue weighted by Crippen LogP contribution is -2.24. The molecule has 0 saturated carbocycles. The summed E-state index contributed by atoms with van der Waals surface area (Å²) in [6.45, 7) is 3.75. The quantitative estimate of drug-likeness (QED) is 0.274. The van der Waals surface area contributed by atoms with Crippen molar-refractivity contribution < 1.29 is 9.72 Å².